The van der Waals surface area contributed by atoms with E-state index in [0.717, 1.165) is 0 Å². The number of carbonyl (C=O) groups is 1. The zero-order chi connectivity index (χ0) is 8.85. The zero-order valence-corrected chi connectivity index (χ0v) is 7.14. The maximum Gasteiger partial charge on any atom is 0.244 e. The van der Waals surface area contributed by atoms with Gasteiger partial charge in [-0.1, -0.05) is 6.08 Å². The number of rotatable bonds is 4. The van der Waals surface area contributed by atoms with Crippen molar-refractivity contribution >= 4 is 17.5 Å². The minimum Gasteiger partial charge on any atom is -0.392 e. The molecule has 11 heavy (non-hydrogen) atoms. The molecular weight excluding hydrogens is 166 g/mol. The van der Waals surface area contributed by atoms with Crippen LogP contribution in [-0.2, 0) is 4.79 Å². The minimum absolute atomic E-state index is 0.169. The molecule has 0 aliphatic rings. The molecule has 0 aromatic heterocycles. The highest BCUT2D eigenvalue weighted by Crippen LogP contribution is 1.99. The van der Waals surface area contributed by atoms with Crippen molar-refractivity contribution in [1.82, 2.24) is 0 Å². The van der Waals surface area contributed by atoms with E-state index in [2.05, 4.69) is 0 Å². The number of aliphatic hydroxyl groups excluding tert-OH is 1. The number of halogens is 1. The van der Waals surface area contributed by atoms with E-state index in [1.165, 1.54) is 0 Å². The maximum atomic E-state index is 10.4. The van der Waals surface area contributed by atoms with Crippen LogP contribution in [0.15, 0.2) is 11.6 Å². The van der Waals surface area contributed by atoms with Gasteiger partial charge in [-0.05, 0) is 13.3 Å². The lowest BCUT2D eigenvalue weighted by atomic mass is 10.2. The van der Waals surface area contributed by atoms with Crippen LogP contribution < -0.4 is 5.73 Å². The van der Waals surface area contributed by atoms with Gasteiger partial charge in [-0.25, -0.2) is 0 Å². The van der Waals surface area contributed by atoms with Crippen LogP contribution in [0.2, 0.25) is 0 Å². The highest BCUT2D eigenvalue weighted by Gasteiger charge is 2.01. The number of nitrogens with two attached hydrogens (primary N) is 1. The summed E-state index contributed by atoms with van der Waals surface area (Å²) in [5.41, 5.74) is 5.39. The van der Waals surface area contributed by atoms with Gasteiger partial charge in [0, 0.05) is 11.5 Å². The van der Waals surface area contributed by atoms with E-state index in [1.807, 2.05) is 0 Å². The van der Waals surface area contributed by atoms with Crippen LogP contribution in [-0.4, -0.2) is 23.0 Å². The lowest BCUT2D eigenvalue weighted by Gasteiger charge is -2.01. The van der Waals surface area contributed by atoms with Crippen LogP contribution in [0.3, 0.4) is 0 Å². The number of aliphatic hydroxyl groups is 1. The lowest BCUT2D eigenvalue weighted by Crippen LogP contribution is -2.13. The Labute approximate surface area is 70.8 Å². The molecule has 0 saturated carbocycles. The largest absolute Gasteiger partial charge is 0.392 e. The summed E-state index contributed by atoms with van der Waals surface area (Å²) < 4.78 is 0. The Kier molecular flexibility index (Phi) is 4.90. The average molecular weight is 178 g/mol. The number of hydrogen-bond donors (Lipinski definition) is 2. The Balaban J connectivity index is 3.82. The second-order valence-corrected chi connectivity index (χ2v) is 2.60. The van der Waals surface area contributed by atoms with E-state index in [1.54, 1.807) is 13.0 Å². The molecule has 0 spiro atoms. The third-order valence-electron chi connectivity index (χ3n) is 1.26. The molecule has 4 heteroatoms. The first-order valence-corrected chi connectivity index (χ1v) is 3.82. The van der Waals surface area contributed by atoms with Crippen LogP contribution >= 0.6 is 11.6 Å². The number of carbonyl (C=O) groups excluding carboxylic acids is 1. The maximum absolute atomic E-state index is 10.4. The average Bonchev–Trinajstić information content (AvgIpc) is 1.99. The highest BCUT2D eigenvalue weighted by atomic mass is 35.5. The van der Waals surface area contributed by atoms with Crippen LogP contribution in [0, 0.1) is 0 Å². The Morgan fingerprint density at radius 1 is 1.82 bits per heavy atom. The van der Waals surface area contributed by atoms with Gasteiger partial charge in [-0.2, -0.15) is 0 Å². The molecule has 0 aromatic rings. The van der Waals surface area contributed by atoms with E-state index < -0.39 is 12.0 Å². The lowest BCUT2D eigenvalue weighted by molar-refractivity contribution is -0.114. The fraction of sp³-hybridized carbons (Fsp3) is 0.571. The standard InChI is InChI=1S/C7H12ClNO2/c1-5(7(9)11)2-3-6(10)4-8/h2,6,10H,3-4H2,1H3,(H2,9,11). The molecule has 0 bridgehead atoms. The molecule has 1 atom stereocenters. The molecule has 0 radical (unpaired) electrons. The van der Waals surface area contributed by atoms with Gasteiger partial charge in [0.1, 0.15) is 0 Å². The van der Waals surface area contributed by atoms with Crippen molar-refractivity contribution in [3.63, 3.8) is 0 Å². The van der Waals surface area contributed by atoms with Crippen LogP contribution in [0.4, 0.5) is 0 Å². The van der Waals surface area contributed by atoms with Crippen molar-refractivity contribution in [3.05, 3.63) is 11.6 Å². The summed E-state index contributed by atoms with van der Waals surface area (Å²) in [4.78, 5) is 10.4. The summed E-state index contributed by atoms with van der Waals surface area (Å²) in [6.45, 7) is 1.60. The SMILES string of the molecule is CC(=CCC(O)CCl)C(N)=O. The fourth-order valence-electron chi connectivity index (χ4n) is 0.476. The molecule has 0 saturated heterocycles. The van der Waals surface area contributed by atoms with Gasteiger partial charge >= 0.3 is 0 Å². The molecule has 0 aromatic carbocycles. The molecule has 0 rings (SSSR count). The van der Waals surface area contributed by atoms with Gasteiger partial charge in [0.2, 0.25) is 5.91 Å². The van der Waals surface area contributed by atoms with Gasteiger partial charge < -0.3 is 10.8 Å². The molecule has 3 nitrogen and oxygen atoms in total. The first kappa shape index (κ1) is 10.5. The smallest absolute Gasteiger partial charge is 0.244 e. The molecule has 0 aliphatic carbocycles. The molecular formula is C7H12ClNO2. The molecule has 0 fully saturated rings. The van der Waals surface area contributed by atoms with Crippen LogP contribution in [0.1, 0.15) is 13.3 Å². The monoisotopic (exact) mass is 177 g/mol. The highest BCUT2D eigenvalue weighted by molar-refractivity contribution is 6.18. The fourth-order valence-corrected chi connectivity index (χ4v) is 0.602. The third-order valence-corrected chi connectivity index (χ3v) is 1.62. The first-order chi connectivity index (χ1) is 5.07. The van der Waals surface area contributed by atoms with Crippen molar-refractivity contribution in [2.24, 2.45) is 5.73 Å². The van der Waals surface area contributed by atoms with E-state index in [4.69, 9.17) is 22.4 Å². The van der Waals surface area contributed by atoms with E-state index in [9.17, 15) is 4.79 Å². The Hall–Kier alpha value is -0.540. The van der Waals surface area contributed by atoms with Gasteiger partial charge in [0.05, 0.1) is 6.10 Å². The van der Waals surface area contributed by atoms with Crippen molar-refractivity contribution in [1.29, 1.82) is 0 Å². The van der Waals surface area contributed by atoms with E-state index in [-0.39, 0.29) is 5.88 Å². The molecule has 0 aliphatic heterocycles. The number of primary amides is 1. The molecule has 1 unspecified atom stereocenters. The molecule has 1 amide bonds. The summed E-state index contributed by atoms with van der Waals surface area (Å²) in [5.74, 6) is -0.297. The van der Waals surface area contributed by atoms with E-state index >= 15 is 0 Å². The second-order valence-electron chi connectivity index (χ2n) is 2.30. The van der Waals surface area contributed by atoms with E-state index in [0.29, 0.717) is 12.0 Å². The predicted octanol–water partition coefficient (Wildman–Crippen LogP) is 0.408. The normalized spacial score (nSPS) is 14.6. The predicted molar refractivity (Wildman–Crippen MR) is 44.3 cm³/mol. The number of hydrogen-bond acceptors (Lipinski definition) is 2. The number of amides is 1. The molecule has 3 N–H and O–H groups in total. The van der Waals surface area contributed by atoms with Crippen LogP contribution in [0.5, 0.6) is 0 Å². The van der Waals surface area contributed by atoms with Gasteiger partial charge in [0.15, 0.2) is 0 Å². The summed E-state index contributed by atoms with van der Waals surface area (Å²) in [6, 6.07) is 0. The van der Waals surface area contributed by atoms with Crippen molar-refractivity contribution in [3.8, 4) is 0 Å². The van der Waals surface area contributed by atoms with Crippen molar-refractivity contribution in [2.45, 2.75) is 19.4 Å². The third kappa shape index (κ3) is 4.81. The Morgan fingerprint density at radius 2 is 2.36 bits per heavy atom. The summed E-state index contributed by atoms with van der Waals surface area (Å²) in [6.07, 6.45) is 1.36. The second kappa shape index (κ2) is 5.16. The van der Waals surface area contributed by atoms with Gasteiger partial charge in [0.25, 0.3) is 0 Å². The Bertz CT molecular complexity index is 168. The molecule has 64 valence electrons. The quantitative estimate of drug-likeness (QED) is 0.483. The summed E-state index contributed by atoms with van der Waals surface area (Å²) >= 11 is 5.32. The van der Waals surface area contributed by atoms with Crippen molar-refractivity contribution < 1.29 is 9.90 Å². The van der Waals surface area contributed by atoms with Gasteiger partial charge in [-0.3, -0.25) is 4.79 Å². The summed E-state index contributed by atoms with van der Waals surface area (Å²) in [7, 11) is 0. The Morgan fingerprint density at radius 3 is 2.73 bits per heavy atom. The first-order valence-electron chi connectivity index (χ1n) is 3.28. The zero-order valence-electron chi connectivity index (χ0n) is 6.38. The number of alkyl halides is 1. The van der Waals surface area contributed by atoms with Crippen LogP contribution in [0.25, 0.3) is 0 Å². The topological polar surface area (TPSA) is 63.3 Å². The van der Waals surface area contributed by atoms with Gasteiger partial charge in [-0.15, -0.1) is 11.6 Å². The summed E-state index contributed by atoms with van der Waals surface area (Å²) in [5, 5.41) is 8.96. The molecule has 0 heterocycles. The minimum atomic E-state index is -0.592. The van der Waals surface area contributed by atoms with Crippen molar-refractivity contribution in [2.75, 3.05) is 5.88 Å².